The zero-order valence-electron chi connectivity index (χ0n) is 21.3. The summed E-state index contributed by atoms with van der Waals surface area (Å²) in [4.78, 5) is 36.0. The molecular weight excluding hydrogens is 484 g/mol. The van der Waals surface area contributed by atoms with Gasteiger partial charge in [0.25, 0.3) is 5.91 Å². The van der Waals surface area contributed by atoms with Crippen LogP contribution in [0.2, 0.25) is 0 Å². The van der Waals surface area contributed by atoms with Crippen LogP contribution in [0.5, 0.6) is 0 Å². The first-order valence-electron chi connectivity index (χ1n) is 12.6. The van der Waals surface area contributed by atoms with Gasteiger partial charge in [0, 0.05) is 56.3 Å². The minimum Gasteiger partial charge on any atom is -0.379 e. The van der Waals surface area contributed by atoms with Gasteiger partial charge in [-0.05, 0) is 24.6 Å². The van der Waals surface area contributed by atoms with Gasteiger partial charge in [-0.15, -0.1) is 0 Å². The molecule has 0 spiro atoms. The lowest BCUT2D eigenvalue weighted by Crippen LogP contribution is -2.73. The van der Waals surface area contributed by atoms with E-state index in [-0.39, 0.29) is 17.8 Å². The van der Waals surface area contributed by atoms with E-state index in [0.717, 1.165) is 50.4 Å². The number of hydrogen-bond donors (Lipinski definition) is 2. The molecule has 11 nitrogen and oxygen atoms in total. The van der Waals surface area contributed by atoms with Crippen molar-refractivity contribution < 1.29 is 14.8 Å². The number of benzene rings is 1. The standard InChI is InChI=1S/C27H30N8O3/c1-29-19-23(16-28)35-9-6-25(36)24(33-35)15-20-4-2-5-21(14-20)26-31-17-22(18-32-26)27(37)30-7-3-8-34-10-12-38-13-11-34/h2,4-6,9,14,17-19,29H,3,7-8,10-13,15H2,1H3,(H,30,37)/p+1/b23-19+. The topological polar surface area (TPSA) is 143 Å². The van der Waals surface area contributed by atoms with Crippen LogP contribution in [0.1, 0.15) is 28.0 Å². The predicted molar refractivity (Wildman–Crippen MR) is 141 cm³/mol. The zero-order valence-corrected chi connectivity index (χ0v) is 21.3. The van der Waals surface area contributed by atoms with Crippen LogP contribution < -0.4 is 16.1 Å². The smallest absolute Gasteiger partial charge is 0.254 e. The summed E-state index contributed by atoms with van der Waals surface area (Å²) in [6.45, 7) is 4.90. The van der Waals surface area contributed by atoms with E-state index >= 15 is 0 Å². The van der Waals surface area contributed by atoms with Crippen LogP contribution in [0.3, 0.4) is 0 Å². The number of ether oxygens (including phenoxy) is 1. The largest absolute Gasteiger partial charge is 0.379 e. The molecule has 4 rings (SSSR count). The van der Waals surface area contributed by atoms with Crippen LogP contribution in [0.25, 0.3) is 17.1 Å². The summed E-state index contributed by atoms with van der Waals surface area (Å²) in [7, 11) is 1.81. The number of allylic oxidation sites excluding steroid dienone is 1. The Balaban J connectivity index is 1.38. The summed E-state index contributed by atoms with van der Waals surface area (Å²) in [6.07, 6.45) is 7.30. The molecule has 3 heterocycles. The van der Waals surface area contributed by atoms with Gasteiger partial charge in [-0.1, -0.05) is 18.2 Å². The second-order valence-corrected chi connectivity index (χ2v) is 8.80. The minimum atomic E-state index is -0.207. The number of carbonyl (C=O) groups is 1. The lowest BCUT2D eigenvalue weighted by Gasteiger charge is -2.26. The highest BCUT2D eigenvalue weighted by atomic mass is 16.5. The number of nitrogens with two attached hydrogens (primary N) is 1. The van der Waals surface area contributed by atoms with Gasteiger partial charge in [-0.3, -0.25) is 14.5 Å². The maximum atomic E-state index is 12.5. The molecule has 0 radical (unpaired) electrons. The Morgan fingerprint density at radius 1 is 1.24 bits per heavy atom. The van der Waals surface area contributed by atoms with Crippen molar-refractivity contribution in [2.75, 3.05) is 46.4 Å². The Labute approximate surface area is 220 Å². The van der Waals surface area contributed by atoms with Crippen molar-refractivity contribution >= 4 is 11.6 Å². The van der Waals surface area contributed by atoms with Crippen LogP contribution in [0, 0.1) is 11.3 Å². The maximum absolute atomic E-state index is 12.5. The highest BCUT2D eigenvalue weighted by Crippen LogP contribution is 2.17. The molecule has 0 bridgehead atoms. The van der Waals surface area contributed by atoms with Crippen molar-refractivity contribution in [3.05, 3.63) is 82.2 Å². The van der Waals surface area contributed by atoms with E-state index in [4.69, 9.17) is 4.74 Å². The molecule has 0 atom stereocenters. The average molecular weight is 516 g/mol. The molecular formula is C27H31N8O3+. The lowest BCUT2D eigenvalue weighted by atomic mass is 10.1. The molecule has 2 aromatic heterocycles. The third kappa shape index (κ3) is 7.17. The van der Waals surface area contributed by atoms with Crippen LogP contribution in [-0.2, 0) is 11.2 Å². The number of quaternary nitrogens is 1. The molecule has 1 aromatic carbocycles. The normalized spacial score (nSPS) is 14.2. The molecule has 1 aliphatic heterocycles. The summed E-state index contributed by atoms with van der Waals surface area (Å²) in [6, 6.07) is 11.0. The van der Waals surface area contributed by atoms with Gasteiger partial charge in [0.05, 0.1) is 25.8 Å². The molecule has 1 aliphatic rings. The second-order valence-electron chi connectivity index (χ2n) is 8.80. The molecule has 3 aromatic rings. The van der Waals surface area contributed by atoms with E-state index < -0.39 is 0 Å². The van der Waals surface area contributed by atoms with Gasteiger partial charge in [0.1, 0.15) is 18.0 Å². The summed E-state index contributed by atoms with van der Waals surface area (Å²) >= 11 is 0. The first-order valence-corrected chi connectivity index (χ1v) is 12.6. The highest BCUT2D eigenvalue weighted by molar-refractivity contribution is 5.93. The van der Waals surface area contributed by atoms with Crippen LogP contribution in [0.4, 0.5) is 0 Å². The van der Waals surface area contributed by atoms with Gasteiger partial charge in [-0.25, -0.2) is 14.6 Å². The number of nitrogens with zero attached hydrogens (tertiary/aromatic N) is 6. The van der Waals surface area contributed by atoms with Crippen molar-refractivity contribution in [2.45, 2.75) is 12.8 Å². The second kappa shape index (κ2) is 13.3. The summed E-state index contributed by atoms with van der Waals surface area (Å²) in [5, 5.41) is 18.4. The molecule has 0 aliphatic carbocycles. The third-order valence-electron chi connectivity index (χ3n) is 6.08. The monoisotopic (exact) mass is 515 g/mol. The first-order chi connectivity index (χ1) is 18.6. The van der Waals surface area contributed by atoms with E-state index in [2.05, 4.69) is 31.4 Å². The number of rotatable bonds is 10. The fourth-order valence-corrected chi connectivity index (χ4v) is 4.07. The number of carbonyl (C=O) groups excluding carboxylic acids is 1. The zero-order chi connectivity index (χ0) is 26.7. The van der Waals surface area contributed by atoms with Crippen LogP contribution >= 0.6 is 0 Å². The number of nitriles is 1. The molecule has 1 fully saturated rings. The quantitative estimate of drug-likeness (QED) is 0.289. The maximum Gasteiger partial charge on any atom is 0.254 e. The number of amides is 1. The summed E-state index contributed by atoms with van der Waals surface area (Å²) < 4.78 is 6.75. The van der Waals surface area contributed by atoms with Crippen LogP contribution in [0.15, 0.2) is 59.9 Å². The van der Waals surface area contributed by atoms with Crippen molar-refractivity contribution in [2.24, 2.45) is 0 Å². The highest BCUT2D eigenvalue weighted by Gasteiger charge is 2.12. The van der Waals surface area contributed by atoms with Gasteiger partial charge in [0.2, 0.25) is 5.43 Å². The Morgan fingerprint density at radius 3 is 2.76 bits per heavy atom. The minimum absolute atomic E-state index is 0.204. The third-order valence-corrected chi connectivity index (χ3v) is 6.08. The van der Waals surface area contributed by atoms with Gasteiger partial charge in [-0.2, -0.15) is 10.4 Å². The SMILES string of the molecule is C[NH2+]/C=C(\C#N)n1ccc(=O)c(Cc2cccc(-c3ncc(C(=O)NCCCN4CCOCC4)cn3)c2)n1. The summed E-state index contributed by atoms with van der Waals surface area (Å²) in [5.74, 6) is 0.271. The molecule has 0 saturated carbocycles. The number of morpholine rings is 1. The van der Waals surface area contributed by atoms with Gasteiger partial charge >= 0.3 is 0 Å². The first kappa shape index (κ1) is 26.8. The van der Waals surface area contributed by atoms with E-state index in [1.54, 1.807) is 18.6 Å². The Morgan fingerprint density at radius 2 is 2.03 bits per heavy atom. The molecule has 0 unspecified atom stereocenters. The average Bonchev–Trinajstić information content (AvgIpc) is 2.96. The molecule has 38 heavy (non-hydrogen) atoms. The van der Waals surface area contributed by atoms with Crippen molar-refractivity contribution in [1.29, 1.82) is 5.26 Å². The molecule has 3 N–H and O–H groups in total. The molecule has 11 heteroatoms. The number of aromatic nitrogens is 4. The number of hydrogen-bond acceptors (Lipinski definition) is 8. The van der Waals surface area contributed by atoms with Crippen molar-refractivity contribution in [3.63, 3.8) is 0 Å². The predicted octanol–water partition coefficient (Wildman–Crippen LogP) is 0.258. The van der Waals surface area contributed by atoms with E-state index in [0.29, 0.717) is 29.3 Å². The van der Waals surface area contributed by atoms with E-state index in [9.17, 15) is 14.9 Å². The Bertz CT molecular complexity index is 1370. The van der Waals surface area contributed by atoms with Gasteiger partial charge < -0.3 is 15.4 Å². The summed E-state index contributed by atoms with van der Waals surface area (Å²) in [5.41, 5.74) is 2.44. The van der Waals surface area contributed by atoms with E-state index in [1.807, 2.05) is 24.3 Å². The molecule has 196 valence electrons. The fourth-order valence-electron chi connectivity index (χ4n) is 4.07. The fraction of sp³-hybridized carbons (Fsp3) is 0.333. The molecule has 1 saturated heterocycles. The van der Waals surface area contributed by atoms with Crippen molar-refractivity contribution in [3.8, 4) is 17.5 Å². The van der Waals surface area contributed by atoms with Crippen molar-refractivity contribution in [1.82, 2.24) is 30.0 Å². The van der Waals surface area contributed by atoms with Gasteiger partial charge in [0.15, 0.2) is 11.5 Å². The van der Waals surface area contributed by atoms with Crippen LogP contribution in [-0.4, -0.2) is 77.0 Å². The van der Waals surface area contributed by atoms with E-state index in [1.165, 1.54) is 29.3 Å². The molecule has 1 amide bonds. The Hall–Kier alpha value is -4.24. The number of nitrogens with one attached hydrogen (secondary N) is 1. The lowest BCUT2D eigenvalue weighted by molar-refractivity contribution is -0.555. The Kier molecular flexibility index (Phi) is 9.42.